The minimum atomic E-state index is -4.49. The molecule has 0 amide bonds. The van der Waals surface area contributed by atoms with Crippen molar-refractivity contribution in [2.24, 2.45) is 5.92 Å². The summed E-state index contributed by atoms with van der Waals surface area (Å²) in [6, 6.07) is 13.1. The van der Waals surface area contributed by atoms with Gasteiger partial charge in [-0.15, -0.1) is 0 Å². The summed E-state index contributed by atoms with van der Waals surface area (Å²) in [6.07, 6.45) is 0.397. The Labute approximate surface area is 224 Å². The van der Waals surface area contributed by atoms with Crippen LogP contribution in [0.5, 0.6) is 11.5 Å². The zero-order valence-corrected chi connectivity index (χ0v) is 23.4. The summed E-state index contributed by atoms with van der Waals surface area (Å²) in [6.45, 7) is 4.35. The molecule has 0 aliphatic carbocycles. The number of hydrogen-bond donors (Lipinski definition) is 2. The third-order valence-electron chi connectivity index (χ3n) is 6.45. The normalized spacial score (nSPS) is 14.4. The Bertz CT molecular complexity index is 1190. The molecule has 2 aromatic rings. The number of ether oxygens (including phenoxy) is 2. The molecular formula is C25H33Cl2N3O5S. The van der Waals surface area contributed by atoms with Crippen LogP contribution in [0.25, 0.3) is 0 Å². The molecule has 0 heterocycles. The number of methoxy groups -OCH3 is 2. The number of nitriles is 1. The monoisotopic (exact) mass is 557 g/mol. The van der Waals surface area contributed by atoms with Gasteiger partial charge in [-0.1, -0.05) is 49.2 Å². The van der Waals surface area contributed by atoms with Crippen LogP contribution in [-0.4, -0.2) is 51.8 Å². The van der Waals surface area contributed by atoms with Gasteiger partial charge in [0.1, 0.15) is 0 Å². The Morgan fingerprint density at radius 2 is 1.78 bits per heavy atom. The molecule has 2 N–H and O–H groups in total. The van der Waals surface area contributed by atoms with Crippen molar-refractivity contribution in [3.8, 4) is 17.6 Å². The van der Waals surface area contributed by atoms with E-state index in [1.165, 1.54) is 14.2 Å². The zero-order valence-electron chi connectivity index (χ0n) is 21.1. The Morgan fingerprint density at radius 1 is 1.11 bits per heavy atom. The molecule has 0 aliphatic rings. The molecule has 2 rings (SSSR count). The van der Waals surface area contributed by atoms with Crippen molar-refractivity contribution < 1.29 is 22.4 Å². The van der Waals surface area contributed by atoms with Crippen LogP contribution in [0, 0.1) is 17.2 Å². The fourth-order valence-electron chi connectivity index (χ4n) is 4.19. The van der Waals surface area contributed by atoms with Crippen molar-refractivity contribution in [1.29, 1.82) is 5.26 Å². The van der Waals surface area contributed by atoms with Crippen molar-refractivity contribution in [1.82, 2.24) is 9.62 Å². The molecule has 0 aromatic heterocycles. The van der Waals surface area contributed by atoms with Crippen LogP contribution < -0.4 is 14.2 Å². The minimum absolute atomic E-state index is 0.103. The molecule has 11 heteroatoms. The van der Waals surface area contributed by atoms with Crippen molar-refractivity contribution >= 4 is 33.5 Å². The van der Waals surface area contributed by atoms with E-state index in [2.05, 4.69) is 10.8 Å². The minimum Gasteiger partial charge on any atom is -0.493 e. The summed E-state index contributed by atoms with van der Waals surface area (Å²) < 4.78 is 46.1. The average molecular weight is 559 g/mol. The van der Waals surface area contributed by atoms with Crippen LogP contribution in [0.4, 0.5) is 0 Å². The van der Waals surface area contributed by atoms with Gasteiger partial charge in [-0.05, 0) is 67.6 Å². The quantitative estimate of drug-likeness (QED) is 0.260. The zero-order chi connectivity index (χ0) is 27.1. The van der Waals surface area contributed by atoms with Gasteiger partial charge in [-0.25, -0.2) is 0 Å². The van der Waals surface area contributed by atoms with E-state index in [0.29, 0.717) is 40.9 Å². The van der Waals surface area contributed by atoms with E-state index < -0.39 is 21.9 Å². The van der Waals surface area contributed by atoms with Crippen LogP contribution in [0.1, 0.15) is 37.8 Å². The molecule has 0 saturated heterocycles. The van der Waals surface area contributed by atoms with E-state index in [1.807, 2.05) is 26.0 Å². The highest BCUT2D eigenvalue weighted by Crippen LogP contribution is 2.41. The molecule has 0 radical (unpaired) electrons. The standard InChI is InChI=1S/C25H33Cl2N3O5S/c1-17(2)25(16-28,19-7-9-22(34-4)23(15-19)35-5)12-10-24(29-36(31,32)33)30(3)13-11-18-6-8-20(26)21(27)14-18/h6-9,14-15,17,24,29H,10-13H2,1-5H3,(H,31,32,33). The van der Waals surface area contributed by atoms with Crippen LogP contribution in [0.3, 0.4) is 0 Å². The lowest BCUT2D eigenvalue weighted by molar-refractivity contribution is 0.196. The molecule has 8 nitrogen and oxygen atoms in total. The van der Waals surface area contributed by atoms with Gasteiger partial charge in [-0.3, -0.25) is 9.45 Å². The van der Waals surface area contributed by atoms with Crippen molar-refractivity contribution in [3.63, 3.8) is 0 Å². The van der Waals surface area contributed by atoms with E-state index >= 15 is 0 Å². The van der Waals surface area contributed by atoms with Crippen LogP contribution in [0.15, 0.2) is 36.4 Å². The molecule has 0 aliphatic heterocycles. The fraction of sp³-hybridized carbons (Fsp3) is 0.480. The first-order valence-corrected chi connectivity index (χ1v) is 13.6. The second kappa shape index (κ2) is 13.0. The summed E-state index contributed by atoms with van der Waals surface area (Å²) in [7, 11) is 0.324. The van der Waals surface area contributed by atoms with E-state index in [-0.39, 0.29) is 12.3 Å². The highest BCUT2D eigenvalue weighted by atomic mass is 35.5. The van der Waals surface area contributed by atoms with Gasteiger partial charge in [0.05, 0.1) is 41.9 Å². The van der Waals surface area contributed by atoms with Gasteiger partial charge >= 0.3 is 10.3 Å². The average Bonchev–Trinajstić information content (AvgIpc) is 2.83. The SMILES string of the molecule is COc1ccc(C(C#N)(CCC(NS(=O)(=O)O)N(C)CCc2ccc(Cl)c(Cl)c2)C(C)C)cc1OC. The molecule has 2 aromatic carbocycles. The lowest BCUT2D eigenvalue weighted by Gasteiger charge is -2.35. The summed E-state index contributed by atoms with van der Waals surface area (Å²) in [5.41, 5.74) is 0.728. The molecular weight excluding hydrogens is 525 g/mol. The van der Waals surface area contributed by atoms with Crippen molar-refractivity contribution in [3.05, 3.63) is 57.6 Å². The van der Waals surface area contributed by atoms with Crippen molar-refractivity contribution in [2.75, 3.05) is 27.8 Å². The maximum Gasteiger partial charge on any atom is 0.334 e. The Morgan fingerprint density at radius 3 is 2.31 bits per heavy atom. The van der Waals surface area contributed by atoms with E-state index in [4.69, 9.17) is 32.7 Å². The second-order valence-corrected chi connectivity index (χ2v) is 10.9. The molecule has 0 saturated carbocycles. The molecule has 0 spiro atoms. The number of rotatable bonds is 13. The number of nitrogens with one attached hydrogen (secondary N) is 1. The molecule has 0 fully saturated rings. The first-order valence-electron chi connectivity index (χ1n) is 11.4. The topological polar surface area (TPSA) is 112 Å². The van der Waals surface area contributed by atoms with Gasteiger partial charge in [0.25, 0.3) is 0 Å². The third kappa shape index (κ3) is 7.72. The first-order chi connectivity index (χ1) is 16.9. The maximum absolute atomic E-state index is 11.7. The fourth-order valence-corrected chi connectivity index (χ4v) is 5.15. The van der Waals surface area contributed by atoms with Gasteiger partial charge in [0.15, 0.2) is 11.5 Å². The molecule has 2 atom stereocenters. The Hall–Kier alpha value is -2.06. The summed E-state index contributed by atoms with van der Waals surface area (Å²) in [5, 5.41) is 11.2. The summed E-state index contributed by atoms with van der Waals surface area (Å²) in [5.74, 6) is 0.944. The first kappa shape index (κ1) is 30.2. The van der Waals surface area contributed by atoms with Gasteiger partial charge in [-0.2, -0.15) is 18.4 Å². The predicted octanol–water partition coefficient (Wildman–Crippen LogP) is 5.10. The number of likely N-dealkylation sites (N-methyl/N-ethyl adjacent to an activating group) is 1. The second-order valence-electron chi connectivity index (χ2n) is 8.93. The van der Waals surface area contributed by atoms with Gasteiger partial charge in [0.2, 0.25) is 0 Å². The van der Waals surface area contributed by atoms with Gasteiger partial charge < -0.3 is 9.47 Å². The third-order valence-corrected chi connectivity index (χ3v) is 7.76. The number of halogens is 2. The molecule has 36 heavy (non-hydrogen) atoms. The lowest BCUT2D eigenvalue weighted by atomic mass is 9.69. The molecule has 2 unspecified atom stereocenters. The van der Waals surface area contributed by atoms with Crippen LogP contribution in [-0.2, 0) is 22.1 Å². The van der Waals surface area contributed by atoms with E-state index in [9.17, 15) is 18.2 Å². The Balaban J connectivity index is 2.30. The smallest absolute Gasteiger partial charge is 0.334 e. The number of hydrogen-bond acceptors (Lipinski definition) is 6. The molecule has 0 bridgehead atoms. The van der Waals surface area contributed by atoms with Gasteiger partial charge in [0, 0.05) is 6.54 Å². The Kier molecular flexibility index (Phi) is 10.9. The van der Waals surface area contributed by atoms with E-state index in [0.717, 1.165) is 11.1 Å². The number of benzene rings is 2. The lowest BCUT2D eigenvalue weighted by Crippen LogP contribution is -2.48. The van der Waals surface area contributed by atoms with Crippen molar-refractivity contribution in [2.45, 2.75) is 44.7 Å². The summed E-state index contributed by atoms with van der Waals surface area (Å²) in [4.78, 5) is 1.79. The predicted molar refractivity (Wildman–Crippen MR) is 142 cm³/mol. The van der Waals surface area contributed by atoms with Crippen LogP contribution in [0.2, 0.25) is 10.0 Å². The highest BCUT2D eigenvalue weighted by Gasteiger charge is 2.38. The molecule has 198 valence electrons. The summed E-state index contributed by atoms with van der Waals surface area (Å²) >= 11 is 12.1. The van der Waals surface area contributed by atoms with E-state index in [1.54, 1.807) is 36.2 Å². The highest BCUT2D eigenvalue weighted by molar-refractivity contribution is 7.83. The largest absolute Gasteiger partial charge is 0.493 e. The number of nitrogens with zero attached hydrogens (tertiary/aromatic N) is 2. The van der Waals surface area contributed by atoms with Crippen LogP contribution >= 0.6 is 23.2 Å². The maximum atomic E-state index is 11.7.